The number of fused-ring (bicyclic) bond motifs is 1. The van der Waals surface area contributed by atoms with E-state index in [9.17, 15) is 5.11 Å². The molecule has 0 amide bonds. The summed E-state index contributed by atoms with van der Waals surface area (Å²) in [5.74, 6) is 1.17. The van der Waals surface area contributed by atoms with E-state index in [1.54, 1.807) is 0 Å². The average molecular weight is 170 g/mol. The summed E-state index contributed by atoms with van der Waals surface area (Å²) in [5, 5.41) is 9.95. The summed E-state index contributed by atoms with van der Waals surface area (Å²) in [6.07, 6.45) is 3.86. The van der Waals surface area contributed by atoms with Crippen LogP contribution in [-0.4, -0.2) is 23.4 Å². The van der Waals surface area contributed by atoms with Crippen molar-refractivity contribution in [3.8, 4) is 0 Å². The number of aliphatic hydroxyl groups is 1. The second-order valence-electron chi connectivity index (χ2n) is 4.73. The van der Waals surface area contributed by atoms with Gasteiger partial charge in [-0.2, -0.15) is 0 Å². The minimum atomic E-state index is -0.551. The van der Waals surface area contributed by atoms with Crippen LogP contribution in [0.2, 0.25) is 0 Å². The van der Waals surface area contributed by atoms with E-state index in [2.05, 4.69) is 6.92 Å². The largest absolute Gasteiger partial charge is 0.387 e. The van der Waals surface area contributed by atoms with E-state index in [4.69, 9.17) is 4.74 Å². The smallest absolute Gasteiger partial charge is 0.0904 e. The highest BCUT2D eigenvalue weighted by Gasteiger charge is 2.46. The molecule has 1 aliphatic heterocycles. The molecule has 2 fully saturated rings. The zero-order valence-corrected chi connectivity index (χ0v) is 7.92. The van der Waals surface area contributed by atoms with E-state index in [-0.39, 0.29) is 0 Å². The number of hydrogen-bond acceptors (Lipinski definition) is 2. The summed E-state index contributed by atoms with van der Waals surface area (Å²) in [7, 11) is 0. The third kappa shape index (κ3) is 1.27. The summed E-state index contributed by atoms with van der Waals surface area (Å²) in [6, 6.07) is 0. The fourth-order valence-electron chi connectivity index (χ4n) is 2.61. The van der Waals surface area contributed by atoms with Crippen LogP contribution in [0.15, 0.2) is 0 Å². The van der Waals surface area contributed by atoms with Crippen molar-refractivity contribution in [3.63, 3.8) is 0 Å². The van der Waals surface area contributed by atoms with Crippen LogP contribution >= 0.6 is 0 Å². The van der Waals surface area contributed by atoms with E-state index < -0.39 is 5.60 Å². The Morgan fingerprint density at radius 3 is 2.92 bits per heavy atom. The highest BCUT2D eigenvalue weighted by Crippen LogP contribution is 2.42. The Kier molecular flexibility index (Phi) is 1.92. The van der Waals surface area contributed by atoms with Gasteiger partial charge in [-0.25, -0.2) is 0 Å². The van der Waals surface area contributed by atoms with Crippen LogP contribution < -0.4 is 0 Å². The van der Waals surface area contributed by atoms with E-state index >= 15 is 0 Å². The van der Waals surface area contributed by atoms with Gasteiger partial charge in [-0.15, -0.1) is 0 Å². The Labute approximate surface area is 73.9 Å². The van der Waals surface area contributed by atoms with Crippen molar-refractivity contribution in [2.75, 3.05) is 6.61 Å². The lowest BCUT2D eigenvalue weighted by Crippen LogP contribution is -2.38. The third-order valence-electron chi connectivity index (χ3n) is 3.44. The second-order valence-corrected chi connectivity index (χ2v) is 4.73. The first-order valence-electron chi connectivity index (χ1n) is 4.93. The number of rotatable bonds is 0. The van der Waals surface area contributed by atoms with E-state index in [1.807, 2.05) is 6.92 Å². The molecule has 1 N–H and O–H groups in total. The predicted molar refractivity (Wildman–Crippen MR) is 46.9 cm³/mol. The van der Waals surface area contributed by atoms with Gasteiger partial charge in [-0.3, -0.25) is 0 Å². The minimum Gasteiger partial charge on any atom is -0.387 e. The normalized spacial score (nSPS) is 53.8. The van der Waals surface area contributed by atoms with Crippen LogP contribution in [0.5, 0.6) is 0 Å². The highest BCUT2D eigenvalue weighted by molar-refractivity contribution is 4.96. The molecule has 1 aliphatic carbocycles. The SMILES string of the molecule is C[C@@H]1CC[C@@H]2[C@H](C1)OC[C@@]2(C)O. The Morgan fingerprint density at radius 2 is 2.17 bits per heavy atom. The van der Waals surface area contributed by atoms with Crippen molar-refractivity contribution in [1.82, 2.24) is 0 Å². The van der Waals surface area contributed by atoms with Crippen LogP contribution in [0.3, 0.4) is 0 Å². The van der Waals surface area contributed by atoms with Crippen LogP contribution in [-0.2, 0) is 4.74 Å². The molecule has 1 heterocycles. The predicted octanol–water partition coefficient (Wildman–Crippen LogP) is 1.57. The van der Waals surface area contributed by atoms with Crippen molar-refractivity contribution in [3.05, 3.63) is 0 Å². The van der Waals surface area contributed by atoms with Gasteiger partial charge in [-0.05, 0) is 25.7 Å². The molecule has 1 saturated carbocycles. The van der Waals surface area contributed by atoms with Crippen LogP contribution in [0, 0.1) is 11.8 Å². The molecule has 2 heteroatoms. The van der Waals surface area contributed by atoms with Crippen molar-refractivity contribution >= 4 is 0 Å². The molecule has 2 nitrogen and oxygen atoms in total. The van der Waals surface area contributed by atoms with Crippen molar-refractivity contribution in [2.45, 2.75) is 44.8 Å². The van der Waals surface area contributed by atoms with Crippen molar-refractivity contribution in [1.29, 1.82) is 0 Å². The Hall–Kier alpha value is -0.0800. The molecule has 12 heavy (non-hydrogen) atoms. The third-order valence-corrected chi connectivity index (χ3v) is 3.44. The highest BCUT2D eigenvalue weighted by atomic mass is 16.5. The van der Waals surface area contributed by atoms with E-state index in [0.29, 0.717) is 18.6 Å². The first-order chi connectivity index (χ1) is 5.59. The number of hydrogen-bond donors (Lipinski definition) is 1. The van der Waals surface area contributed by atoms with E-state index in [1.165, 1.54) is 6.42 Å². The molecular formula is C10H18O2. The fourth-order valence-corrected chi connectivity index (χ4v) is 2.61. The summed E-state index contributed by atoms with van der Waals surface area (Å²) in [4.78, 5) is 0. The molecule has 0 radical (unpaired) electrons. The first kappa shape index (κ1) is 8.52. The second kappa shape index (κ2) is 2.71. The van der Waals surface area contributed by atoms with Crippen LogP contribution in [0.25, 0.3) is 0 Å². The molecule has 2 rings (SSSR count). The maximum absolute atomic E-state index is 9.95. The lowest BCUT2D eigenvalue weighted by molar-refractivity contribution is 0.0127. The van der Waals surface area contributed by atoms with Gasteiger partial charge in [0, 0.05) is 5.92 Å². The molecule has 0 unspecified atom stereocenters. The van der Waals surface area contributed by atoms with Gasteiger partial charge in [-0.1, -0.05) is 13.3 Å². The molecule has 0 aromatic rings. The van der Waals surface area contributed by atoms with Crippen molar-refractivity contribution < 1.29 is 9.84 Å². The first-order valence-corrected chi connectivity index (χ1v) is 4.93. The summed E-state index contributed by atoms with van der Waals surface area (Å²) in [6.45, 7) is 4.72. The average Bonchev–Trinajstić information content (AvgIpc) is 2.27. The Morgan fingerprint density at radius 1 is 1.42 bits per heavy atom. The van der Waals surface area contributed by atoms with Gasteiger partial charge >= 0.3 is 0 Å². The molecule has 0 bridgehead atoms. The maximum atomic E-state index is 9.95. The van der Waals surface area contributed by atoms with Crippen molar-refractivity contribution in [2.24, 2.45) is 11.8 Å². The lowest BCUT2D eigenvalue weighted by Gasteiger charge is -2.33. The molecule has 0 aromatic carbocycles. The van der Waals surface area contributed by atoms with Gasteiger partial charge in [0.2, 0.25) is 0 Å². The molecule has 1 saturated heterocycles. The maximum Gasteiger partial charge on any atom is 0.0904 e. The zero-order chi connectivity index (χ0) is 8.77. The van der Waals surface area contributed by atoms with Crippen LogP contribution in [0.4, 0.5) is 0 Å². The molecule has 4 atom stereocenters. The Balaban J connectivity index is 2.08. The van der Waals surface area contributed by atoms with Gasteiger partial charge in [0.25, 0.3) is 0 Å². The molecule has 2 aliphatic rings. The van der Waals surface area contributed by atoms with E-state index in [0.717, 1.165) is 18.8 Å². The molecule has 70 valence electrons. The quantitative estimate of drug-likeness (QED) is 0.598. The molecular weight excluding hydrogens is 152 g/mol. The van der Waals surface area contributed by atoms with Gasteiger partial charge in [0.1, 0.15) is 0 Å². The molecule has 0 aromatic heterocycles. The molecule has 0 spiro atoms. The number of ether oxygens (including phenoxy) is 1. The monoisotopic (exact) mass is 170 g/mol. The van der Waals surface area contributed by atoms with Gasteiger partial charge in [0.15, 0.2) is 0 Å². The van der Waals surface area contributed by atoms with Crippen LogP contribution in [0.1, 0.15) is 33.1 Å². The summed E-state index contributed by atoms with van der Waals surface area (Å²) in [5.41, 5.74) is -0.551. The fraction of sp³-hybridized carbons (Fsp3) is 1.00. The minimum absolute atomic E-state index is 0.337. The van der Waals surface area contributed by atoms with Gasteiger partial charge < -0.3 is 9.84 Å². The topological polar surface area (TPSA) is 29.5 Å². The summed E-state index contributed by atoms with van der Waals surface area (Å²) < 4.78 is 5.59. The zero-order valence-electron chi connectivity index (χ0n) is 7.92. The lowest BCUT2D eigenvalue weighted by atomic mass is 9.75. The Bertz CT molecular complexity index is 177. The van der Waals surface area contributed by atoms with Gasteiger partial charge in [0.05, 0.1) is 18.3 Å². The standard InChI is InChI=1S/C10H18O2/c1-7-3-4-8-9(5-7)12-6-10(8,2)11/h7-9,11H,3-6H2,1-2H3/t7-,8-,9+,10-/m1/s1. The summed E-state index contributed by atoms with van der Waals surface area (Å²) >= 11 is 0.